The highest BCUT2D eigenvalue weighted by atomic mass is 35.5. The third-order valence-corrected chi connectivity index (χ3v) is 7.22. The summed E-state index contributed by atoms with van der Waals surface area (Å²) >= 11 is 12.4. The number of benzene rings is 4. The van der Waals surface area contributed by atoms with Crippen LogP contribution in [0.2, 0.25) is 10.0 Å². The van der Waals surface area contributed by atoms with E-state index in [1.54, 1.807) is 7.11 Å². The van der Waals surface area contributed by atoms with Crippen molar-refractivity contribution in [3.05, 3.63) is 124 Å². The van der Waals surface area contributed by atoms with E-state index in [0.29, 0.717) is 5.92 Å². The molecule has 174 valence electrons. The van der Waals surface area contributed by atoms with Crippen LogP contribution in [0.5, 0.6) is 5.75 Å². The highest BCUT2D eigenvalue weighted by molar-refractivity contribution is 6.30. The number of halogens is 2. The number of hydrogen-bond acceptors (Lipinski definition) is 2. The van der Waals surface area contributed by atoms with Crippen LogP contribution in [0.3, 0.4) is 0 Å². The molecule has 0 radical (unpaired) electrons. The van der Waals surface area contributed by atoms with E-state index < -0.39 is 0 Å². The molecular weight excluding hydrogens is 475 g/mol. The number of ether oxygens (including phenoxy) is 1. The number of imidazole rings is 1. The van der Waals surface area contributed by atoms with E-state index in [9.17, 15) is 0 Å². The molecule has 5 heteroatoms. The summed E-state index contributed by atoms with van der Waals surface area (Å²) in [6.07, 6.45) is 2.37. The van der Waals surface area contributed by atoms with Crippen molar-refractivity contribution in [2.45, 2.75) is 24.7 Å². The zero-order valence-corrected chi connectivity index (χ0v) is 20.8. The zero-order chi connectivity index (χ0) is 23.9. The molecular formula is C30H24Cl2N2O. The molecule has 0 N–H and O–H groups in total. The van der Waals surface area contributed by atoms with Crippen molar-refractivity contribution in [2.75, 3.05) is 7.11 Å². The minimum Gasteiger partial charge on any atom is -0.497 e. The fourth-order valence-electron chi connectivity index (χ4n) is 4.80. The highest BCUT2D eigenvalue weighted by Crippen LogP contribution is 2.43. The summed E-state index contributed by atoms with van der Waals surface area (Å²) in [7, 11) is 1.69. The molecule has 0 bridgehead atoms. The highest BCUT2D eigenvalue weighted by Gasteiger charge is 2.30. The summed E-state index contributed by atoms with van der Waals surface area (Å²) in [4.78, 5) is 5.06. The predicted octanol–water partition coefficient (Wildman–Crippen LogP) is 8.40. The largest absolute Gasteiger partial charge is 0.497 e. The van der Waals surface area contributed by atoms with Crippen LogP contribution >= 0.6 is 23.2 Å². The molecule has 35 heavy (non-hydrogen) atoms. The molecule has 0 unspecified atom stereocenters. The molecule has 1 aromatic heterocycles. The van der Waals surface area contributed by atoms with Crippen LogP contribution in [-0.2, 0) is 0 Å². The van der Waals surface area contributed by atoms with E-state index >= 15 is 0 Å². The van der Waals surface area contributed by atoms with Gasteiger partial charge in [-0.1, -0.05) is 53.5 Å². The van der Waals surface area contributed by atoms with E-state index in [-0.39, 0.29) is 5.92 Å². The maximum atomic E-state index is 6.22. The second-order valence-electron chi connectivity index (χ2n) is 9.06. The second-order valence-corrected chi connectivity index (χ2v) is 9.93. The van der Waals surface area contributed by atoms with Gasteiger partial charge in [0.05, 0.1) is 18.1 Å². The monoisotopic (exact) mass is 498 g/mol. The summed E-state index contributed by atoms with van der Waals surface area (Å²) in [6.45, 7) is 0. The van der Waals surface area contributed by atoms with Gasteiger partial charge in [-0.15, -0.1) is 0 Å². The Morgan fingerprint density at radius 3 is 1.89 bits per heavy atom. The molecule has 0 amide bonds. The van der Waals surface area contributed by atoms with Crippen molar-refractivity contribution >= 4 is 34.2 Å². The van der Waals surface area contributed by atoms with Crippen molar-refractivity contribution in [3.8, 4) is 11.4 Å². The lowest BCUT2D eigenvalue weighted by Crippen LogP contribution is -2.04. The van der Waals surface area contributed by atoms with Crippen molar-refractivity contribution in [1.29, 1.82) is 0 Å². The molecule has 1 heterocycles. The van der Waals surface area contributed by atoms with Crippen molar-refractivity contribution in [2.24, 2.45) is 0 Å². The van der Waals surface area contributed by atoms with Crippen LogP contribution in [0.4, 0.5) is 0 Å². The number of rotatable bonds is 6. The molecule has 0 spiro atoms. The summed E-state index contributed by atoms with van der Waals surface area (Å²) in [6, 6.07) is 31.0. The first kappa shape index (κ1) is 22.2. The van der Waals surface area contributed by atoms with Gasteiger partial charge in [0.2, 0.25) is 0 Å². The van der Waals surface area contributed by atoms with E-state index in [1.807, 2.05) is 36.4 Å². The predicted molar refractivity (Wildman–Crippen MR) is 143 cm³/mol. The standard InChI is InChI=1S/C30H24Cl2N2O/c1-35-26-15-13-25(14-16-26)34-28-18-22(8-17-27(28)33-30(34)21-2-3-21)29(19-4-9-23(31)10-5-19)20-6-11-24(32)12-7-20/h4-18,21,29H,2-3H2,1H3. The van der Waals surface area contributed by atoms with Crippen molar-refractivity contribution < 1.29 is 4.74 Å². The van der Waals surface area contributed by atoms with Crippen molar-refractivity contribution in [1.82, 2.24) is 9.55 Å². The van der Waals surface area contributed by atoms with Gasteiger partial charge in [0, 0.05) is 27.6 Å². The molecule has 3 nitrogen and oxygen atoms in total. The number of aromatic nitrogens is 2. The van der Waals surface area contributed by atoms with Crippen LogP contribution in [-0.4, -0.2) is 16.7 Å². The van der Waals surface area contributed by atoms with Gasteiger partial charge in [-0.3, -0.25) is 4.57 Å². The fraction of sp³-hybridized carbons (Fsp3) is 0.167. The Bertz CT molecular complexity index is 1440. The lowest BCUT2D eigenvalue weighted by molar-refractivity contribution is 0.414. The van der Waals surface area contributed by atoms with Crippen LogP contribution in [0, 0.1) is 0 Å². The quantitative estimate of drug-likeness (QED) is 0.219. The topological polar surface area (TPSA) is 27.1 Å². The van der Waals surface area contributed by atoms with Gasteiger partial charge in [0.25, 0.3) is 0 Å². The normalized spacial score (nSPS) is 13.5. The molecule has 1 aliphatic carbocycles. The minimum absolute atomic E-state index is 0.0394. The smallest absolute Gasteiger partial charge is 0.119 e. The van der Waals surface area contributed by atoms with Gasteiger partial charge < -0.3 is 4.74 Å². The van der Waals surface area contributed by atoms with Gasteiger partial charge in [-0.25, -0.2) is 4.98 Å². The molecule has 0 atom stereocenters. The van der Waals surface area contributed by atoms with E-state index in [0.717, 1.165) is 38.3 Å². The van der Waals surface area contributed by atoms with E-state index in [4.69, 9.17) is 32.9 Å². The summed E-state index contributed by atoms with van der Waals surface area (Å²) in [5, 5.41) is 1.46. The van der Waals surface area contributed by atoms with Crippen LogP contribution < -0.4 is 4.74 Å². The van der Waals surface area contributed by atoms with E-state index in [1.165, 1.54) is 29.5 Å². The molecule has 5 aromatic rings. The Labute approximate surface area is 214 Å². The molecule has 6 rings (SSSR count). The molecule has 0 aliphatic heterocycles. The second kappa shape index (κ2) is 9.07. The Hall–Kier alpha value is -3.27. The molecule has 0 saturated heterocycles. The van der Waals surface area contributed by atoms with Gasteiger partial charge in [0.1, 0.15) is 11.6 Å². The van der Waals surface area contributed by atoms with E-state index in [2.05, 4.69) is 59.2 Å². The summed E-state index contributed by atoms with van der Waals surface area (Å²) < 4.78 is 7.70. The van der Waals surface area contributed by atoms with Gasteiger partial charge in [0.15, 0.2) is 0 Å². The summed E-state index contributed by atoms with van der Waals surface area (Å²) in [5.74, 6) is 2.53. The fourth-order valence-corrected chi connectivity index (χ4v) is 5.05. The van der Waals surface area contributed by atoms with Gasteiger partial charge in [-0.2, -0.15) is 0 Å². The Morgan fingerprint density at radius 1 is 0.771 bits per heavy atom. The Balaban J connectivity index is 1.54. The maximum Gasteiger partial charge on any atom is 0.119 e. The van der Waals surface area contributed by atoms with Crippen molar-refractivity contribution in [3.63, 3.8) is 0 Å². The lowest BCUT2D eigenvalue weighted by atomic mass is 9.85. The molecule has 4 aromatic carbocycles. The Morgan fingerprint density at radius 2 is 1.34 bits per heavy atom. The number of nitrogens with zero attached hydrogens (tertiary/aromatic N) is 2. The third kappa shape index (κ3) is 4.31. The third-order valence-electron chi connectivity index (χ3n) is 6.72. The first-order chi connectivity index (χ1) is 17.1. The molecule has 1 aliphatic rings. The van der Waals surface area contributed by atoms with Gasteiger partial charge >= 0.3 is 0 Å². The maximum absolute atomic E-state index is 6.22. The van der Waals surface area contributed by atoms with Gasteiger partial charge in [-0.05, 0) is 90.2 Å². The summed E-state index contributed by atoms with van der Waals surface area (Å²) in [5.41, 5.74) is 6.77. The lowest BCUT2D eigenvalue weighted by Gasteiger charge is -2.20. The number of fused-ring (bicyclic) bond motifs is 1. The molecule has 1 fully saturated rings. The van der Waals surface area contributed by atoms with Crippen LogP contribution in [0.15, 0.2) is 91.0 Å². The first-order valence-corrected chi connectivity index (χ1v) is 12.5. The SMILES string of the molecule is COc1ccc(-n2c(C3CC3)nc3ccc(C(c4ccc(Cl)cc4)c4ccc(Cl)cc4)cc32)cc1. The zero-order valence-electron chi connectivity index (χ0n) is 19.3. The Kier molecular flexibility index (Phi) is 5.75. The minimum atomic E-state index is 0.0394. The molecule has 1 saturated carbocycles. The average Bonchev–Trinajstić information content (AvgIpc) is 3.67. The average molecular weight is 499 g/mol. The van der Waals surface area contributed by atoms with Crippen LogP contribution in [0.1, 0.15) is 47.2 Å². The number of methoxy groups -OCH3 is 1. The number of hydrogen-bond donors (Lipinski definition) is 0. The van der Waals surface area contributed by atoms with Crippen LogP contribution in [0.25, 0.3) is 16.7 Å². The first-order valence-electron chi connectivity index (χ1n) is 11.8.